The molecule has 0 radical (unpaired) electrons. The number of carbonyl (C=O) groups is 1. The molecule has 100 valence electrons. The molecule has 1 heterocycles. The molecule has 0 aliphatic heterocycles. The Kier molecular flexibility index (Phi) is 4.75. The van der Waals surface area contributed by atoms with Crippen LogP contribution in [0.2, 0.25) is 0 Å². The molecule has 18 heavy (non-hydrogen) atoms. The lowest BCUT2D eigenvalue weighted by molar-refractivity contribution is -0.121. The molecule has 1 saturated carbocycles. The molecule has 0 atom stereocenters. The first-order valence-electron chi connectivity index (χ1n) is 6.78. The minimum absolute atomic E-state index is 0.150. The highest BCUT2D eigenvalue weighted by atomic mass is 16.1. The average molecular weight is 250 g/mol. The molecule has 0 unspecified atom stereocenters. The van der Waals surface area contributed by atoms with Gasteiger partial charge in [0.2, 0.25) is 5.91 Å². The van der Waals surface area contributed by atoms with Gasteiger partial charge >= 0.3 is 0 Å². The number of nitrogens with zero attached hydrogens (tertiary/aromatic N) is 2. The molecule has 1 aromatic rings. The van der Waals surface area contributed by atoms with E-state index in [4.69, 9.17) is 0 Å². The second-order valence-corrected chi connectivity index (χ2v) is 4.87. The monoisotopic (exact) mass is 250 g/mol. The summed E-state index contributed by atoms with van der Waals surface area (Å²) in [5.41, 5.74) is 1.03. The number of aryl methyl sites for hydroxylation is 1. The maximum absolute atomic E-state index is 11.5. The third kappa shape index (κ3) is 4.49. The van der Waals surface area contributed by atoms with Gasteiger partial charge in [-0.05, 0) is 25.8 Å². The summed E-state index contributed by atoms with van der Waals surface area (Å²) in [6.45, 7) is 4.66. The van der Waals surface area contributed by atoms with E-state index < -0.39 is 0 Å². The summed E-state index contributed by atoms with van der Waals surface area (Å²) in [5.74, 6) is 0.150. The summed E-state index contributed by atoms with van der Waals surface area (Å²) in [7, 11) is 0. The standard InChI is InChI=1S/C13H22N4O/c1-2-6-14-8-12-9-17(10-15-12)7-5-13(18)16-11-3-4-11/h9-11,14H,2-8H2,1H3,(H,16,18). The second kappa shape index (κ2) is 6.54. The topological polar surface area (TPSA) is 59.0 Å². The van der Waals surface area contributed by atoms with Crippen LogP contribution in [-0.2, 0) is 17.9 Å². The highest BCUT2D eigenvalue weighted by molar-refractivity contribution is 5.76. The molecule has 1 aromatic heterocycles. The van der Waals surface area contributed by atoms with Gasteiger partial charge in [0.15, 0.2) is 0 Å². The van der Waals surface area contributed by atoms with Crippen LogP contribution in [0.5, 0.6) is 0 Å². The lowest BCUT2D eigenvalue weighted by atomic mass is 10.4. The van der Waals surface area contributed by atoms with Crippen LogP contribution in [0.1, 0.15) is 38.3 Å². The molecule has 5 heteroatoms. The molecule has 1 aliphatic carbocycles. The van der Waals surface area contributed by atoms with Crippen LogP contribution < -0.4 is 10.6 Å². The molecule has 5 nitrogen and oxygen atoms in total. The van der Waals surface area contributed by atoms with E-state index in [1.165, 1.54) is 0 Å². The third-order valence-corrected chi connectivity index (χ3v) is 2.96. The lowest BCUT2D eigenvalue weighted by Crippen LogP contribution is -2.26. The molecule has 1 amide bonds. The normalized spacial score (nSPS) is 14.7. The van der Waals surface area contributed by atoms with Crippen molar-refractivity contribution in [1.29, 1.82) is 0 Å². The molecule has 0 aromatic carbocycles. The summed E-state index contributed by atoms with van der Waals surface area (Å²) in [4.78, 5) is 15.8. The van der Waals surface area contributed by atoms with E-state index in [1.54, 1.807) is 6.33 Å². The Morgan fingerprint density at radius 2 is 2.39 bits per heavy atom. The van der Waals surface area contributed by atoms with E-state index in [1.807, 2.05) is 10.8 Å². The first-order valence-corrected chi connectivity index (χ1v) is 6.78. The predicted octanol–water partition coefficient (Wildman–Crippen LogP) is 1.05. The molecule has 2 N–H and O–H groups in total. The maximum atomic E-state index is 11.5. The van der Waals surface area contributed by atoms with Crippen LogP contribution in [0.15, 0.2) is 12.5 Å². The third-order valence-electron chi connectivity index (χ3n) is 2.96. The van der Waals surface area contributed by atoms with E-state index in [2.05, 4.69) is 22.5 Å². The second-order valence-electron chi connectivity index (χ2n) is 4.87. The first kappa shape index (κ1) is 13.1. The Balaban J connectivity index is 1.67. The highest BCUT2D eigenvalue weighted by Crippen LogP contribution is 2.18. The van der Waals surface area contributed by atoms with Crippen LogP contribution >= 0.6 is 0 Å². The zero-order valence-corrected chi connectivity index (χ0v) is 11.0. The summed E-state index contributed by atoms with van der Waals surface area (Å²) in [6.07, 6.45) is 7.76. The number of carbonyl (C=O) groups excluding carboxylic acids is 1. The van der Waals surface area contributed by atoms with Gasteiger partial charge in [0.05, 0.1) is 12.0 Å². The van der Waals surface area contributed by atoms with Gasteiger partial charge < -0.3 is 15.2 Å². The van der Waals surface area contributed by atoms with Gasteiger partial charge in [-0.1, -0.05) is 6.92 Å². The van der Waals surface area contributed by atoms with E-state index >= 15 is 0 Å². The number of hydrogen-bond donors (Lipinski definition) is 2. The maximum Gasteiger partial charge on any atom is 0.222 e. The van der Waals surface area contributed by atoms with Crippen molar-refractivity contribution in [3.05, 3.63) is 18.2 Å². The minimum Gasteiger partial charge on any atom is -0.353 e. The summed E-state index contributed by atoms with van der Waals surface area (Å²) >= 11 is 0. The van der Waals surface area contributed by atoms with Crippen LogP contribution in [0.4, 0.5) is 0 Å². The van der Waals surface area contributed by atoms with E-state index in [-0.39, 0.29) is 5.91 Å². The van der Waals surface area contributed by atoms with Crippen molar-refractivity contribution in [2.24, 2.45) is 0 Å². The Labute approximate surface area is 108 Å². The highest BCUT2D eigenvalue weighted by Gasteiger charge is 2.22. The zero-order chi connectivity index (χ0) is 12.8. The van der Waals surface area contributed by atoms with Gasteiger partial charge in [0.1, 0.15) is 0 Å². The van der Waals surface area contributed by atoms with Crippen molar-refractivity contribution < 1.29 is 4.79 Å². The largest absolute Gasteiger partial charge is 0.353 e. The molecule has 0 spiro atoms. The molecule has 0 saturated heterocycles. The van der Waals surface area contributed by atoms with Crippen molar-refractivity contribution in [3.63, 3.8) is 0 Å². The fourth-order valence-corrected chi connectivity index (χ4v) is 1.77. The summed E-state index contributed by atoms with van der Waals surface area (Å²) in [5, 5.41) is 6.30. The van der Waals surface area contributed by atoms with Gasteiger partial charge in [0.25, 0.3) is 0 Å². The Morgan fingerprint density at radius 3 is 3.11 bits per heavy atom. The molecule has 0 bridgehead atoms. The quantitative estimate of drug-likeness (QED) is 0.678. The lowest BCUT2D eigenvalue weighted by Gasteiger charge is -2.03. The first-order chi connectivity index (χ1) is 8.78. The van der Waals surface area contributed by atoms with Crippen molar-refractivity contribution in [2.75, 3.05) is 6.54 Å². The van der Waals surface area contributed by atoms with Crippen molar-refractivity contribution in [1.82, 2.24) is 20.2 Å². The van der Waals surface area contributed by atoms with E-state index in [9.17, 15) is 4.79 Å². The van der Waals surface area contributed by atoms with Crippen molar-refractivity contribution >= 4 is 5.91 Å². The Hall–Kier alpha value is -1.36. The molecular formula is C13H22N4O. The predicted molar refractivity (Wildman–Crippen MR) is 70.0 cm³/mol. The van der Waals surface area contributed by atoms with Crippen LogP contribution in [0, 0.1) is 0 Å². The number of hydrogen-bond acceptors (Lipinski definition) is 3. The van der Waals surface area contributed by atoms with Crippen molar-refractivity contribution in [2.45, 2.75) is 51.7 Å². The minimum atomic E-state index is 0.150. The number of nitrogens with one attached hydrogen (secondary N) is 2. The SMILES string of the molecule is CCCNCc1cn(CCC(=O)NC2CC2)cn1. The van der Waals surface area contributed by atoms with E-state index in [0.29, 0.717) is 19.0 Å². The molecular weight excluding hydrogens is 228 g/mol. The fourth-order valence-electron chi connectivity index (χ4n) is 1.77. The van der Waals surface area contributed by atoms with Gasteiger partial charge in [-0.3, -0.25) is 4.79 Å². The molecule has 2 rings (SSSR count). The number of rotatable bonds is 8. The average Bonchev–Trinajstić information content (AvgIpc) is 3.05. The smallest absolute Gasteiger partial charge is 0.222 e. The molecule has 1 fully saturated rings. The summed E-state index contributed by atoms with van der Waals surface area (Å²) in [6, 6.07) is 0.453. The van der Waals surface area contributed by atoms with Crippen LogP contribution in [0.3, 0.4) is 0 Å². The Morgan fingerprint density at radius 1 is 1.56 bits per heavy atom. The van der Waals surface area contributed by atoms with Gasteiger partial charge in [-0.2, -0.15) is 0 Å². The molecule has 1 aliphatic rings. The number of imidazole rings is 1. The van der Waals surface area contributed by atoms with Gasteiger partial charge in [0, 0.05) is 31.7 Å². The fraction of sp³-hybridized carbons (Fsp3) is 0.692. The summed E-state index contributed by atoms with van der Waals surface area (Å²) < 4.78 is 1.98. The van der Waals surface area contributed by atoms with E-state index in [0.717, 1.165) is 38.0 Å². The zero-order valence-electron chi connectivity index (χ0n) is 11.0. The van der Waals surface area contributed by atoms with Crippen molar-refractivity contribution in [3.8, 4) is 0 Å². The van der Waals surface area contributed by atoms with Crippen LogP contribution in [0.25, 0.3) is 0 Å². The van der Waals surface area contributed by atoms with Gasteiger partial charge in [-0.25, -0.2) is 4.98 Å². The number of aromatic nitrogens is 2. The van der Waals surface area contributed by atoms with Crippen LogP contribution in [-0.4, -0.2) is 28.0 Å². The number of amides is 1. The van der Waals surface area contributed by atoms with Gasteiger partial charge in [-0.15, -0.1) is 0 Å². The Bertz CT molecular complexity index is 384.